The highest BCUT2D eigenvalue weighted by molar-refractivity contribution is 7.17. The third kappa shape index (κ3) is 2.90. The second kappa shape index (κ2) is 4.94. The van der Waals surface area contributed by atoms with Crippen molar-refractivity contribution in [3.8, 4) is 0 Å². The summed E-state index contributed by atoms with van der Waals surface area (Å²) in [5, 5.41) is 0. The molecule has 2 rings (SSSR count). The standard InChI is InChI=1S/C12H12ClNO2S/c1-8-3-4-9(16-8)7-14(2)12(15)10-5-6-11(13)17-10/h3-6H,7H2,1-2H3. The lowest BCUT2D eigenvalue weighted by Crippen LogP contribution is -2.25. The molecule has 0 aromatic carbocycles. The molecule has 0 aliphatic heterocycles. The smallest absolute Gasteiger partial charge is 0.264 e. The summed E-state index contributed by atoms with van der Waals surface area (Å²) in [7, 11) is 1.74. The molecule has 0 saturated carbocycles. The third-order valence-corrected chi connectivity index (χ3v) is 3.54. The van der Waals surface area contributed by atoms with Gasteiger partial charge in [0.25, 0.3) is 5.91 Å². The minimum atomic E-state index is -0.0454. The van der Waals surface area contributed by atoms with E-state index in [4.69, 9.17) is 16.0 Å². The molecule has 0 spiro atoms. The van der Waals surface area contributed by atoms with E-state index in [1.165, 1.54) is 11.3 Å². The first-order chi connectivity index (χ1) is 8.06. The van der Waals surface area contributed by atoms with E-state index in [0.717, 1.165) is 11.5 Å². The van der Waals surface area contributed by atoms with E-state index in [2.05, 4.69) is 0 Å². The zero-order chi connectivity index (χ0) is 12.4. The molecule has 0 aliphatic rings. The second-order valence-electron chi connectivity index (χ2n) is 3.78. The number of hydrogen-bond acceptors (Lipinski definition) is 3. The van der Waals surface area contributed by atoms with Gasteiger partial charge in [-0.3, -0.25) is 4.79 Å². The average Bonchev–Trinajstić information content (AvgIpc) is 2.87. The van der Waals surface area contributed by atoms with Gasteiger partial charge in [-0.25, -0.2) is 0 Å². The van der Waals surface area contributed by atoms with Gasteiger partial charge in [-0.05, 0) is 31.2 Å². The number of carbonyl (C=O) groups is 1. The fourth-order valence-electron chi connectivity index (χ4n) is 1.49. The molecule has 1 amide bonds. The molecule has 0 N–H and O–H groups in total. The predicted octanol–water partition coefficient (Wildman–Crippen LogP) is 3.58. The maximum absolute atomic E-state index is 12.0. The summed E-state index contributed by atoms with van der Waals surface area (Å²) < 4.78 is 6.05. The van der Waals surface area contributed by atoms with Crippen LogP contribution in [0, 0.1) is 6.92 Å². The highest BCUT2D eigenvalue weighted by Gasteiger charge is 2.15. The average molecular weight is 270 g/mol. The summed E-state index contributed by atoms with van der Waals surface area (Å²) in [6.45, 7) is 2.34. The summed E-state index contributed by atoms with van der Waals surface area (Å²) in [6, 6.07) is 7.22. The molecule has 3 nitrogen and oxygen atoms in total. The van der Waals surface area contributed by atoms with Crippen molar-refractivity contribution in [1.29, 1.82) is 0 Å². The monoisotopic (exact) mass is 269 g/mol. The largest absolute Gasteiger partial charge is 0.464 e. The Labute approximate surface area is 109 Å². The van der Waals surface area contributed by atoms with Gasteiger partial charge in [0.15, 0.2) is 0 Å². The summed E-state index contributed by atoms with van der Waals surface area (Å²) in [5.74, 6) is 1.58. The van der Waals surface area contributed by atoms with Crippen molar-refractivity contribution in [2.45, 2.75) is 13.5 Å². The number of rotatable bonds is 3. The number of nitrogens with zero attached hydrogens (tertiary/aromatic N) is 1. The minimum absolute atomic E-state index is 0.0454. The van der Waals surface area contributed by atoms with Gasteiger partial charge in [-0.15, -0.1) is 11.3 Å². The minimum Gasteiger partial charge on any atom is -0.464 e. The number of thiophene rings is 1. The molecule has 0 unspecified atom stereocenters. The molecule has 90 valence electrons. The van der Waals surface area contributed by atoms with Crippen molar-refractivity contribution in [2.75, 3.05) is 7.05 Å². The molecule has 2 heterocycles. The first-order valence-electron chi connectivity index (χ1n) is 5.12. The van der Waals surface area contributed by atoms with Crippen molar-refractivity contribution in [3.63, 3.8) is 0 Å². The number of amides is 1. The Morgan fingerprint density at radius 3 is 2.71 bits per heavy atom. The Morgan fingerprint density at radius 2 is 2.18 bits per heavy atom. The fraction of sp³-hybridized carbons (Fsp3) is 0.250. The molecule has 2 aromatic heterocycles. The Morgan fingerprint density at radius 1 is 1.41 bits per heavy atom. The molecule has 0 bridgehead atoms. The zero-order valence-electron chi connectivity index (χ0n) is 9.57. The van der Waals surface area contributed by atoms with Crippen LogP contribution in [0.15, 0.2) is 28.7 Å². The van der Waals surface area contributed by atoms with Crippen molar-refractivity contribution < 1.29 is 9.21 Å². The van der Waals surface area contributed by atoms with Gasteiger partial charge in [0, 0.05) is 7.05 Å². The van der Waals surface area contributed by atoms with Gasteiger partial charge < -0.3 is 9.32 Å². The van der Waals surface area contributed by atoms with Gasteiger partial charge in [0.05, 0.1) is 15.8 Å². The molecule has 0 aliphatic carbocycles. The second-order valence-corrected chi connectivity index (χ2v) is 5.49. The number of carbonyl (C=O) groups excluding carboxylic acids is 1. The third-order valence-electron chi connectivity index (χ3n) is 2.32. The SMILES string of the molecule is Cc1ccc(CN(C)C(=O)c2ccc(Cl)s2)o1. The van der Waals surface area contributed by atoms with E-state index in [1.807, 2.05) is 19.1 Å². The number of furan rings is 1. The topological polar surface area (TPSA) is 33.5 Å². The molecule has 0 atom stereocenters. The highest BCUT2D eigenvalue weighted by atomic mass is 35.5. The lowest BCUT2D eigenvalue weighted by molar-refractivity contribution is 0.0780. The van der Waals surface area contributed by atoms with Gasteiger partial charge >= 0.3 is 0 Å². The summed E-state index contributed by atoms with van der Waals surface area (Å²) >= 11 is 7.09. The molecule has 0 radical (unpaired) electrons. The van der Waals surface area contributed by atoms with E-state index in [9.17, 15) is 4.79 Å². The molecule has 2 aromatic rings. The molecular weight excluding hydrogens is 258 g/mol. The van der Waals surface area contributed by atoms with Gasteiger partial charge in [0.1, 0.15) is 11.5 Å². The predicted molar refractivity (Wildman–Crippen MR) is 68.6 cm³/mol. The summed E-state index contributed by atoms with van der Waals surface area (Å²) in [5.41, 5.74) is 0. The van der Waals surface area contributed by atoms with Crippen molar-refractivity contribution in [1.82, 2.24) is 4.90 Å². The molecule has 0 saturated heterocycles. The van der Waals surface area contributed by atoms with E-state index in [-0.39, 0.29) is 5.91 Å². The van der Waals surface area contributed by atoms with Crippen molar-refractivity contribution in [3.05, 3.63) is 45.0 Å². The lowest BCUT2D eigenvalue weighted by Gasteiger charge is -2.14. The number of halogens is 1. The summed E-state index contributed by atoms with van der Waals surface area (Å²) in [6.07, 6.45) is 0. The molecule has 5 heteroatoms. The first-order valence-corrected chi connectivity index (χ1v) is 6.32. The Hall–Kier alpha value is -1.26. The normalized spacial score (nSPS) is 10.5. The Kier molecular flexibility index (Phi) is 3.54. The van der Waals surface area contributed by atoms with Gasteiger partial charge in [-0.1, -0.05) is 11.6 Å². The maximum atomic E-state index is 12.0. The van der Waals surface area contributed by atoms with Crippen molar-refractivity contribution in [2.24, 2.45) is 0 Å². The van der Waals surface area contributed by atoms with Crippen LogP contribution in [0.5, 0.6) is 0 Å². The quantitative estimate of drug-likeness (QED) is 0.853. The van der Waals surface area contributed by atoms with E-state index in [0.29, 0.717) is 15.8 Å². The maximum Gasteiger partial charge on any atom is 0.264 e. The fourth-order valence-corrected chi connectivity index (χ4v) is 2.53. The molecular formula is C12H12ClNO2S. The zero-order valence-corrected chi connectivity index (χ0v) is 11.1. The van der Waals surface area contributed by atoms with Gasteiger partial charge in [-0.2, -0.15) is 0 Å². The van der Waals surface area contributed by atoms with Crippen LogP contribution in [0.4, 0.5) is 0 Å². The molecule has 17 heavy (non-hydrogen) atoms. The molecule has 0 fully saturated rings. The Balaban J connectivity index is 2.05. The van der Waals surface area contributed by atoms with Crippen LogP contribution in [-0.2, 0) is 6.54 Å². The van der Waals surface area contributed by atoms with E-state index >= 15 is 0 Å². The van der Waals surface area contributed by atoms with Crippen LogP contribution in [-0.4, -0.2) is 17.9 Å². The first kappa shape index (κ1) is 12.2. The van der Waals surface area contributed by atoms with Crippen molar-refractivity contribution >= 4 is 28.8 Å². The highest BCUT2D eigenvalue weighted by Crippen LogP contribution is 2.23. The van der Waals surface area contributed by atoms with Crippen LogP contribution in [0.25, 0.3) is 0 Å². The van der Waals surface area contributed by atoms with E-state index < -0.39 is 0 Å². The lowest BCUT2D eigenvalue weighted by atomic mass is 10.3. The Bertz CT molecular complexity index is 532. The van der Waals surface area contributed by atoms with Crippen LogP contribution < -0.4 is 0 Å². The van der Waals surface area contributed by atoms with E-state index in [1.54, 1.807) is 24.1 Å². The van der Waals surface area contributed by atoms with Crippen LogP contribution in [0.1, 0.15) is 21.2 Å². The number of hydrogen-bond donors (Lipinski definition) is 0. The van der Waals surface area contributed by atoms with Gasteiger partial charge in [0.2, 0.25) is 0 Å². The summed E-state index contributed by atoms with van der Waals surface area (Å²) in [4.78, 5) is 14.3. The number of aryl methyl sites for hydroxylation is 1. The van der Waals surface area contributed by atoms with Crippen LogP contribution in [0.3, 0.4) is 0 Å². The van der Waals surface area contributed by atoms with Crippen LogP contribution >= 0.6 is 22.9 Å². The van der Waals surface area contributed by atoms with Crippen LogP contribution in [0.2, 0.25) is 4.34 Å².